The maximum Gasteiger partial charge on any atom is 0.119 e. The minimum absolute atomic E-state index is 0.00979. The van der Waals surface area contributed by atoms with E-state index in [1.165, 1.54) is 0 Å². The highest BCUT2D eigenvalue weighted by Crippen LogP contribution is 2.19. The summed E-state index contributed by atoms with van der Waals surface area (Å²) < 4.78 is 5.56. The molecule has 1 aromatic heterocycles. The Hall–Kier alpha value is -1.87. The maximum atomic E-state index is 6.21. The van der Waals surface area contributed by atoms with Crippen LogP contribution < -0.4 is 10.5 Å². The van der Waals surface area contributed by atoms with Crippen molar-refractivity contribution in [3.63, 3.8) is 0 Å². The largest absolute Gasteiger partial charge is 0.494 e. The molecule has 2 rings (SSSR count). The summed E-state index contributed by atoms with van der Waals surface area (Å²) in [5, 5.41) is 0. The molecule has 0 fully saturated rings. The van der Waals surface area contributed by atoms with Gasteiger partial charge in [0.15, 0.2) is 0 Å². The summed E-state index contributed by atoms with van der Waals surface area (Å²) in [4.78, 5) is 4.10. The zero-order valence-corrected chi connectivity index (χ0v) is 11.3. The Kier molecular flexibility index (Phi) is 4.93. The van der Waals surface area contributed by atoms with Crippen LogP contribution in [-0.2, 0) is 6.42 Å². The molecule has 2 aromatic rings. The normalized spacial score (nSPS) is 12.1. The summed E-state index contributed by atoms with van der Waals surface area (Å²) in [6.45, 7) is 2.85. The topological polar surface area (TPSA) is 48.1 Å². The number of aromatic nitrogens is 1. The van der Waals surface area contributed by atoms with Crippen molar-refractivity contribution in [2.75, 3.05) is 6.61 Å². The van der Waals surface area contributed by atoms with Gasteiger partial charge < -0.3 is 10.5 Å². The lowest BCUT2D eigenvalue weighted by molar-refractivity contribution is 0.317. The highest BCUT2D eigenvalue weighted by molar-refractivity contribution is 5.30. The van der Waals surface area contributed by atoms with Gasteiger partial charge >= 0.3 is 0 Å². The second-order valence-corrected chi connectivity index (χ2v) is 4.59. The lowest BCUT2D eigenvalue weighted by atomic mass is 10.0. The summed E-state index contributed by atoms with van der Waals surface area (Å²) >= 11 is 0. The fourth-order valence-corrected chi connectivity index (χ4v) is 1.92. The highest BCUT2D eigenvalue weighted by atomic mass is 16.5. The van der Waals surface area contributed by atoms with E-state index in [0.717, 1.165) is 36.3 Å². The van der Waals surface area contributed by atoms with Crippen LogP contribution in [0.25, 0.3) is 0 Å². The average molecular weight is 256 g/mol. The van der Waals surface area contributed by atoms with Crippen LogP contribution in [0.4, 0.5) is 0 Å². The van der Waals surface area contributed by atoms with E-state index in [0.29, 0.717) is 0 Å². The van der Waals surface area contributed by atoms with Gasteiger partial charge in [0.25, 0.3) is 0 Å². The van der Waals surface area contributed by atoms with Gasteiger partial charge in [-0.1, -0.05) is 25.1 Å². The molecule has 3 nitrogen and oxygen atoms in total. The molecule has 0 aliphatic rings. The third-order valence-corrected chi connectivity index (χ3v) is 2.96. The van der Waals surface area contributed by atoms with E-state index < -0.39 is 0 Å². The van der Waals surface area contributed by atoms with E-state index in [9.17, 15) is 0 Å². The molecular formula is C16H20N2O. The number of hydrogen-bond donors (Lipinski definition) is 1. The molecule has 1 unspecified atom stereocenters. The van der Waals surface area contributed by atoms with Gasteiger partial charge in [-0.15, -0.1) is 0 Å². The van der Waals surface area contributed by atoms with Crippen LogP contribution in [0.15, 0.2) is 48.8 Å². The standard InChI is InChI=1S/C16H20N2O/c1-2-10-19-15-7-5-14(6-8-15)16(17)11-13-4-3-9-18-12-13/h3-9,12,16H,2,10-11,17H2,1H3. The van der Waals surface area contributed by atoms with Crippen LogP contribution in [-0.4, -0.2) is 11.6 Å². The summed E-state index contributed by atoms with van der Waals surface area (Å²) in [5.41, 5.74) is 8.48. The Balaban J connectivity index is 1.97. The van der Waals surface area contributed by atoms with E-state index in [-0.39, 0.29) is 6.04 Å². The molecule has 0 aliphatic carbocycles. The molecule has 0 amide bonds. The molecule has 1 heterocycles. The number of nitrogens with zero attached hydrogens (tertiary/aromatic N) is 1. The second kappa shape index (κ2) is 6.90. The molecule has 0 radical (unpaired) electrons. The van der Waals surface area contributed by atoms with Crippen molar-refractivity contribution >= 4 is 0 Å². The van der Waals surface area contributed by atoms with E-state index in [1.807, 2.05) is 42.6 Å². The third-order valence-electron chi connectivity index (χ3n) is 2.96. The SMILES string of the molecule is CCCOc1ccc(C(N)Cc2cccnc2)cc1. The summed E-state index contributed by atoms with van der Waals surface area (Å²) in [7, 11) is 0. The zero-order valence-electron chi connectivity index (χ0n) is 11.3. The highest BCUT2D eigenvalue weighted by Gasteiger charge is 2.07. The first-order valence-electron chi connectivity index (χ1n) is 6.67. The van der Waals surface area contributed by atoms with Crippen molar-refractivity contribution in [2.24, 2.45) is 5.73 Å². The predicted octanol–water partition coefficient (Wildman–Crippen LogP) is 3.11. The van der Waals surface area contributed by atoms with Gasteiger partial charge in [-0.05, 0) is 42.2 Å². The van der Waals surface area contributed by atoms with E-state index in [1.54, 1.807) is 6.20 Å². The Morgan fingerprint density at radius 3 is 2.63 bits per heavy atom. The number of ether oxygens (including phenoxy) is 1. The van der Waals surface area contributed by atoms with Crippen LogP contribution in [0.5, 0.6) is 5.75 Å². The molecule has 2 N–H and O–H groups in total. The van der Waals surface area contributed by atoms with Crippen molar-refractivity contribution in [3.05, 3.63) is 59.9 Å². The fourth-order valence-electron chi connectivity index (χ4n) is 1.92. The lowest BCUT2D eigenvalue weighted by Crippen LogP contribution is -2.13. The van der Waals surface area contributed by atoms with Crippen molar-refractivity contribution < 1.29 is 4.74 Å². The quantitative estimate of drug-likeness (QED) is 0.864. The van der Waals surface area contributed by atoms with Gasteiger partial charge in [-0.2, -0.15) is 0 Å². The van der Waals surface area contributed by atoms with Crippen molar-refractivity contribution in [1.82, 2.24) is 4.98 Å². The van der Waals surface area contributed by atoms with Gasteiger partial charge in [-0.25, -0.2) is 0 Å². The fraction of sp³-hybridized carbons (Fsp3) is 0.312. The van der Waals surface area contributed by atoms with Crippen molar-refractivity contribution in [3.8, 4) is 5.75 Å². The minimum atomic E-state index is -0.00979. The first-order valence-corrected chi connectivity index (χ1v) is 6.67. The Morgan fingerprint density at radius 2 is 2.00 bits per heavy atom. The maximum absolute atomic E-state index is 6.21. The molecule has 0 spiro atoms. The number of nitrogens with two attached hydrogens (primary N) is 1. The van der Waals surface area contributed by atoms with Gasteiger partial charge in [0.05, 0.1) is 6.61 Å². The van der Waals surface area contributed by atoms with Crippen molar-refractivity contribution in [1.29, 1.82) is 0 Å². The first-order chi connectivity index (χ1) is 9.29. The Morgan fingerprint density at radius 1 is 1.21 bits per heavy atom. The number of pyridine rings is 1. The molecule has 0 saturated heterocycles. The van der Waals surface area contributed by atoms with Gasteiger partial charge in [0.1, 0.15) is 5.75 Å². The predicted molar refractivity (Wildman–Crippen MR) is 77.1 cm³/mol. The molecular weight excluding hydrogens is 236 g/mol. The lowest BCUT2D eigenvalue weighted by Gasteiger charge is -2.13. The Bertz CT molecular complexity index is 482. The third kappa shape index (κ3) is 4.07. The average Bonchev–Trinajstić information content (AvgIpc) is 2.46. The van der Waals surface area contributed by atoms with E-state index in [2.05, 4.69) is 11.9 Å². The zero-order chi connectivity index (χ0) is 13.5. The molecule has 1 aromatic carbocycles. The molecule has 100 valence electrons. The van der Waals surface area contributed by atoms with Gasteiger partial charge in [-0.3, -0.25) is 4.98 Å². The van der Waals surface area contributed by atoms with Crippen LogP contribution in [0.1, 0.15) is 30.5 Å². The molecule has 0 bridgehead atoms. The summed E-state index contributed by atoms with van der Waals surface area (Å²) in [5.74, 6) is 0.902. The van der Waals surface area contributed by atoms with Gasteiger partial charge in [0.2, 0.25) is 0 Å². The second-order valence-electron chi connectivity index (χ2n) is 4.59. The summed E-state index contributed by atoms with van der Waals surface area (Å²) in [6.07, 6.45) is 5.44. The summed E-state index contributed by atoms with van der Waals surface area (Å²) in [6, 6.07) is 12.0. The molecule has 1 atom stereocenters. The van der Waals surface area contributed by atoms with Crippen LogP contribution in [0.3, 0.4) is 0 Å². The molecule has 0 saturated carbocycles. The number of rotatable bonds is 6. The Labute approximate surface area is 114 Å². The van der Waals surface area contributed by atoms with Gasteiger partial charge in [0, 0.05) is 18.4 Å². The number of hydrogen-bond acceptors (Lipinski definition) is 3. The first kappa shape index (κ1) is 13.6. The minimum Gasteiger partial charge on any atom is -0.494 e. The smallest absolute Gasteiger partial charge is 0.119 e. The van der Waals surface area contributed by atoms with Crippen LogP contribution >= 0.6 is 0 Å². The molecule has 0 aliphatic heterocycles. The van der Waals surface area contributed by atoms with E-state index in [4.69, 9.17) is 10.5 Å². The monoisotopic (exact) mass is 256 g/mol. The molecule has 3 heteroatoms. The van der Waals surface area contributed by atoms with Crippen LogP contribution in [0, 0.1) is 0 Å². The van der Waals surface area contributed by atoms with Crippen molar-refractivity contribution in [2.45, 2.75) is 25.8 Å². The molecule has 19 heavy (non-hydrogen) atoms. The number of benzene rings is 1. The van der Waals surface area contributed by atoms with Crippen LogP contribution in [0.2, 0.25) is 0 Å². The van der Waals surface area contributed by atoms with E-state index >= 15 is 0 Å².